The molecule has 0 N–H and O–H groups in total. The zero-order chi connectivity index (χ0) is 20.4. The number of ether oxygens (including phenoxy) is 3. The van der Waals surface area contributed by atoms with Crippen LogP contribution in [0.3, 0.4) is 0 Å². The Kier molecular flexibility index (Phi) is 5.44. The highest BCUT2D eigenvalue weighted by Gasteiger charge is 2.27. The van der Waals surface area contributed by atoms with Crippen LogP contribution in [0.15, 0.2) is 47.4 Å². The van der Waals surface area contributed by atoms with Crippen molar-refractivity contribution < 1.29 is 27.4 Å². The van der Waals surface area contributed by atoms with Gasteiger partial charge < -0.3 is 19.1 Å². The Balaban J connectivity index is 1.50. The first kappa shape index (κ1) is 19.7. The number of amides is 1. The smallest absolute Gasteiger partial charge is 0.253 e. The van der Waals surface area contributed by atoms with Crippen LogP contribution in [0.5, 0.6) is 11.5 Å². The van der Waals surface area contributed by atoms with E-state index in [0.29, 0.717) is 49.9 Å². The summed E-state index contributed by atoms with van der Waals surface area (Å²) < 4.78 is 43.0. The van der Waals surface area contributed by atoms with Crippen LogP contribution in [0.25, 0.3) is 0 Å². The zero-order valence-electron chi connectivity index (χ0n) is 16.0. The van der Waals surface area contributed by atoms with E-state index < -0.39 is 10.0 Å². The number of hydrogen-bond acceptors (Lipinski definition) is 6. The fourth-order valence-corrected chi connectivity index (χ4v) is 4.79. The SMILES string of the molecule is CN(Cc1ccc2c(c1)OCO2)C(=O)c1cccc(S(=O)(=O)N2CCOCC2)c1. The molecule has 0 bridgehead atoms. The van der Waals surface area contributed by atoms with Gasteiger partial charge in [-0.15, -0.1) is 0 Å². The minimum absolute atomic E-state index is 0.113. The van der Waals surface area contributed by atoms with Crippen LogP contribution in [0.4, 0.5) is 0 Å². The van der Waals surface area contributed by atoms with Crippen LogP contribution in [0.2, 0.25) is 0 Å². The summed E-state index contributed by atoms with van der Waals surface area (Å²) >= 11 is 0. The minimum Gasteiger partial charge on any atom is -0.454 e. The lowest BCUT2D eigenvalue weighted by Gasteiger charge is -2.26. The molecule has 0 unspecified atom stereocenters. The first-order chi connectivity index (χ1) is 13.9. The van der Waals surface area contributed by atoms with E-state index in [1.165, 1.54) is 21.3 Å². The fraction of sp³-hybridized carbons (Fsp3) is 0.350. The van der Waals surface area contributed by atoms with E-state index in [1.54, 1.807) is 19.2 Å². The predicted octanol–water partition coefficient (Wildman–Crippen LogP) is 1.71. The van der Waals surface area contributed by atoms with Gasteiger partial charge in [0.2, 0.25) is 16.8 Å². The number of sulfonamides is 1. The quantitative estimate of drug-likeness (QED) is 0.735. The number of carbonyl (C=O) groups is 1. The van der Waals surface area contributed by atoms with Crippen molar-refractivity contribution >= 4 is 15.9 Å². The molecule has 1 fully saturated rings. The average molecular weight is 418 g/mol. The summed E-state index contributed by atoms with van der Waals surface area (Å²) in [7, 11) is -1.98. The Morgan fingerprint density at radius 2 is 1.83 bits per heavy atom. The maximum Gasteiger partial charge on any atom is 0.253 e. The van der Waals surface area contributed by atoms with Gasteiger partial charge in [-0.25, -0.2) is 8.42 Å². The molecule has 8 nitrogen and oxygen atoms in total. The van der Waals surface area contributed by atoms with Gasteiger partial charge in [-0.1, -0.05) is 12.1 Å². The Labute approximate surface area is 169 Å². The molecular formula is C20H22N2O6S. The van der Waals surface area contributed by atoms with Crippen LogP contribution in [-0.4, -0.2) is 63.7 Å². The van der Waals surface area contributed by atoms with Crippen LogP contribution in [0, 0.1) is 0 Å². The molecule has 154 valence electrons. The molecule has 0 aromatic heterocycles. The monoisotopic (exact) mass is 418 g/mol. The molecule has 9 heteroatoms. The van der Waals surface area contributed by atoms with E-state index in [-0.39, 0.29) is 17.6 Å². The van der Waals surface area contributed by atoms with E-state index in [2.05, 4.69) is 0 Å². The van der Waals surface area contributed by atoms with Crippen LogP contribution in [-0.2, 0) is 21.3 Å². The van der Waals surface area contributed by atoms with Gasteiger partial charge in [-0.3, -0.25) is 4.79 Å². The first-order valence-corrected chi connectivity index (χ1v) is 10.7. The van der Waals surface area contributed by atoms with Gasteiger partial charge in [0.1, 0.15) is 0 Å². The Hall–Kier alpha value is -2.62. The summed E-state index contributed by atoms with van der Waals surface area (Å²) in [4.78, 5) is 14.5. The number of benzene rings is 2. The standard InChI is InChI=1S/C20H22N2O6S/c1-21(13-15-5-6-18-19(11-15)28-14-27-18)20(23)16-3-2-4-17(12-16)29(24,25)22-7-9-26-10-8-22/h2-6,11-12H,7-10,13-14H2,1H3. The summed E-state index contributed by atoms with van der Waals surface area (Å²) in [6.45, 7) is 1.91. The molecule has 1 amide bonds. The van der Waals surface area contributed by atoms with Gasteiger partial charge in [-0.05, 0) is 35.9 Å². The maximum atomic E-state index is 12.9. The molecule has 2 heterocycles. The Morgan fingerprint density at radius 3 is 2.62 bits per heavy atom. The van der Waals surface area contributed by atoms with E-state index in [9.17, 15) is 13.2 Å². The molecule has 0 radical (unpaired) electrons. The number of fused-ring (bicyclic) bond motifs is 1. The molecule has 2 aromatic carbocycles. The summed E-state index contributed by atoms with van der Waals surface area (Å²) in [6.07, 6.45) is 0. The number of rotatable bonds is 5. The van der Waals surface area contributed by atoms with Crippen molar-refractivity contribution in [2.45, 2.75) is 11.4 Å². The molecule has 2 aliphatic rings. The number of hydrogen-bond donors (Lipinski definition) is 0. The van der Waals surface area contributed by atoms with Gasteiger partial charge >= 0.3 is 0 Å². The summed E-state index contributed by atoms with van der Waals surface area (Å²) in [6, 6.07) is 11.7. The highest BCUT2D eigenvalue weighted by atomic mass is 32.2. The first-order valence-electron chi connectivity index (χ1n) is 9.27. The molecule has 0 atom stereocenters. The lowest BCUT2D eigenvalue weighted by molar-refractivity contribution is 0.0730. The molecule has 29 heavy (non-hydrogen) atoms. The van der Waals surface area contributed by atoms with Crippen molar-refractivity contribution in [2.24, 2.45) is 0 Å². The summed E-state index contributed by atoms with van der Waals surface area (Å²) in [5, 5.41) is 0. The molecule has 0 aliphatic carbocycles. The van der Waals surface area contributed by atoms with Crippen molar-refractivity contribution in [3.8, 4) is 11.5 Å². The fourth-order valence-electron chi connectivity index (χ4n) is 3.33. The lowest BCUT2D eigenvalue weighted by atomic mass is 10.1. The van der Waals surface area contributed by atoms with Crippen molar-refractivity contribution in [3.63, 3.8) is 0 Å². The highest BCUT2D eigenvalue weighted by molar-refractivity contribution is 7.89. The maximum absolute atomic E-state index is 12.9. The third kappa shape index (κ3) is 4.07. The second-order valence-electron chi connectivity index (χ2n) is 6.89. The zero-order valence-corrected chi connectivity index (χ0v) is 16.9. The normalized spacial score (nSPS) is 16.6. The molecular weight excluding hydrogens is 396 g/mol. The van der Waals surface area contributed by atoms with Gasteiger partial charge in [-0.2, -0.15) is 4.31 Å². The van der Waals surface area contributed by atoms with E-state index in [0.717, 1.165) is 5.56 Å². The second kappa shape index (κ2) is 8.02. The van der Waals surface area contributed by atoms with Crippen molar-refractivity contribution in [1.29, 1.82) is 0 Å². The number of morpholine rings is 1. The largest absolute Gasteiger partial charge is 0.454 e. The number of nitrogens with zero attached hydrogens (tertiary/aromatic N) is 2. The predicted molar refractivity (Wildman–Crippen MR) is 104 cm³/mol. The molecule has 0 spiro atoms. The highest BCUT2D eigenvalue weighted by Crippen LogP contribution is 2.32. The van der Waals surface area contributed by atoms with Gasteiger partial charge in [0.05, 0.1) is 18.1 Å². The van der Waals surface area contributed by atoms with Crippen molar-refractivity contribution in [2.75, 3.05) is 40.1 Å². The second-order valence-corrected chi connectivity index (χ2v) is 8.83. The Bertz CT molecular complexity index is 1020. The van der Waals surface area contributed by atoms with E-state index >= 15 is 0 Å². The van der Waals surface area contributed by atoms with Gasteiger partial charge in [0.15, 0.2) is 11.5 Å². The Morgan fingerprint density at radius 1 is 1.07 bits per heavy atom. The molecule has 1 saturated heterocycles. The average Bonchev–Trinajstić information content (AvgIpc) is 3.22. The van der Waals surface area contributed by atoms with E-state index in [4.69, 9.17) is 14.2 Å². The molecule has 4 rings (SSSR count). The van der Waals surface area contributed by atoms with Crippen molar-refractivity contribution in [1.82, 2.24) is 9.21 Å². The third-order valence-corrected chi connectivity index (χ3v) is 6.79. The van der Waals surface area contributed by atoms with Crippen molar-refractivity contribution in [3.05, 3.63) is 53.6 Å². The molecule has 2 aromatic rings. The minimum atomic E-state index is -3.66. The topological polar surface area (TPSA) is 85.4 Å². The van der Waals surface area contributed by atoms with Gasteiger partial charge in [0, 0.05) is 32.2 Å². The summed E-state index contributed by atoms with van der Waals surface area (Å²) in [5.74, 6) is 1.08. The third-order valence-electron chi connectivity index (χ3n) is 4.89. The molecule has 0 saturated carbocycles. The van der Waals surface area contributed by atoms with Crippen LogP contribution < -0.4 is 9.47 Å². The van der Waals surface area contributed by atoms with Crippen LogP contribution >= 0.6 is 0 Å². The molecule has 2 aliphatic heterocycles. The van der Waals surface area contributed by atoms with Crippen LogP contribution in [0.1, 0.15) is 15.9 Å². The number of carbonyl (C=O) groups excluding carboxylic acids is 1. The van der Waals surface area contributed by atoms with E-state index in [1.807, 2.05) is 18.2 Å². The summed E-state index contributed by atoms with van der Waals surface area (Å²) in [5.41, 5.74) is 1.21. The van der Waals surface area contributed by atoms with Gasteiger partial charge in [0.25, 0.3) is 5.91 Å². The lowest BCUT2D eigenvalue weighted by Crippen LogP contribution is -2.40.